The zero-order chi connectivity index (χ0) is 14.6. The maximum atomic E-state index is 6.03. The van der Waals surface area contributed by atoms with Crippen molar-refractivity contribution in [2.24, 2.45) is 0 Å². The molecular weight excluding hydrogens is 250 g/mol. The van der Waals surface area contributed by atoms with Crippen LogP contribution in [0.1, 0.15) is 37.8 Å². The van der Waals surface area contributed by atoms with Gasteiger partial charge in [-0.2, -0.15) is 0 Å². The topological polar surface area (TPSA) is 30.5 Å². The molecule has 112 valence electrons. The van der Waals surface area contributed by atoms with Gasteiger partial charge in [0.2, 0.25) is 0 Å². The van der Waals surface area contributed by atoms with Gasteiger partial charge in [-0.25, -0.2) is 0 Å². The van der Waals surface area contributed by atoms with E-state index < -0.39 is 0 Å². The normalized spacial score (nSPS) is 23.8. The van der Waals surface area contributed by atoms with E-state index in [0.717, 1.165) is 38.2 Å². The summed E-state index contributed by atoms with van der Waals surface area (Å²) in [6, 6.07) is 6.71. The van der Waals surface area contributed by atoms with E-state index in [4.69, 9.17) is 9.47 Å². The van der Waals surface area contributed by atoms with Crippen molar-refractivity contribution in [2.45, 2.75) is 51.7 Å². The van der Waals surface area contributed by atoms with Gasteiger partial charge in [-0.3, -0.25) is 0 Å². The monoisotopic (exact) mass is 277 g/mol. The van der Waals surface area contributed by atoms with E-state index in [0.29, 0.717) is 6.04 Å². The lowest BCUT2D eigenvalue weighted by Gasteiger charge is -2.34. The Bertz CT molecular complexity index is 439. The zero-order valence-electron chi connectivity index (χ0n) is 13.2. The number of aryl methyl sites for hydroxylation is 1. The Morgan fingerprint density at radius 1 is 1.45 bits per heavy atom. The van der Waals surface area contributed by atoms with Crippen molar-refractivity contribution < 1.29 is 9.47 Å². The Kier molecular flexibility index (Phi) is 5.06. The molecule has 1 aromatic carbocycles. The number of hydrogen-bond donors (Lipinski definition) is 1. The molecule has 2 unspecified atom stereocenters. The third kappa shape index (κ3) is 3.33. The van der Waals surface area contributed by atoms with Crippen LogP contribution in [0.2, 0.25) is 0 Å². The summed E-state index contributed by atoms with van der Waals surface area (Å²) < 4.78 is 11.5. The summed E-state index contributed by atoms with van der Waals surface area (Å²) in [6.07, 6.45) is 3.22. The van der Waals surface area contributed by atoms with Crippen LogP contribution in [0.3, 0.4) is 0 Å². The maximum absolute atomic E-state index is 6.03. The fourth-order valence-corrected chi connectivity index (χ4v) is 3.11. The van der Waals surface area contributed by atoms with Gasteiger partial charge in [0, 0.05) is 12.6 Å². The molecule has 1 fully saturated rings. The molecule has 0 aliphatic carbocycles. The second-order valence-electron chi connectivity index (χ2n) is 5.89. The molecule has 0 saturated carbocycles. The molecule has 0 bridgehead atoms. The standard InChI is InChI=1S/C17H27NO2/c1-5-18-16(17(3)9-6-10-20-17)12-14-11-13(2)7-8-15(14)19-4/h7-8,11,16,18H,5-6,9-10,12H2,1-4H3. The predicted octanol–water partition coefficient (Wildman–Crippen LogP) is 3.09. The molecule has 1 heterocycles. The van der Waals surface area contributed by atoms with Crippen LogP contribution in [0.4, 0.5) is 0 Å². The smallest absolute Gasteiger partial charge is 0.122 e. The fourth-order valence-electron chi connectivity index (χ4n) is 3.11. The highest BCUT2D eigenvalue weighted by Crippen LogP contribution is 2.32. The molecule has 0 aromatic heterocycles. The fraction of sp³-hybridized carbons (Fsp3) is 0.647. The summed E-state index contributed by atoms with van der Waals surface area (Å²) in [5, 5.41) is 3.60. The molecule has 3 heteroatoms. The molecule has 2 atom stereocenters. The molecule has 0 radical (unpaired) electrons. The van der Waals surface area contributed by atoms with Crippen LogP contribution in [0, 0.1) is 6.92 Å². The van der Waals surface area contributed by atoms with Gasteiger partial charge in [0.15, 0.2) is 0 Å². The quantitative estimate of drug-likeness (QED) is 0.866. The lowest BCUT2D eigenvalue weighted by molar-refractivity contribution is -0.0111. The van der Waals surface area contributed by atoms with Crippen molar-refractivity contribution in [2.75, 3.05) is 20.3 Å². The third-order valence-corrected chi connectivity index (χ3v) is 4.30. The molecule has 1 aliphatic rings. The lowest BCUT2D eigenvalue weighted by Crippen LogP contribution is -2.49. The van der Waals surface area contributed by atoms with E-state index >= 15 is 0 Å². The minimum Gasteiger partial charge on any atom is -0.496 e. The summed E-state index contributed by atoms with van der Waals surface area (Å²) in [6.45, 7) is 8.34. The number of rotatable bonds is 6. The molecule has 20 heavy (non-hydrogen) atoms. The van der Waals surface area contributed by atoms with Crippen LogP contribution in [-0.2, 0) is 11.2 Å². The number of ether oxygens (including phenoxy) is 2. The van der Waals surface area contributed by atoms with E-state index in [1.54, 1.807) is 7.11 Å². The van der Waals surface area contributed by atoms with E-state index in [-0.39, 0.29) is 5.60 Å². The summed E-state index contributed by atoms with van der Waals surface area (Å²) in [5.41, 5.74) is 2.47. The molecule has 1 N–H and O–H groups in total. The number of likely N-dealkylation sites (N-methyl/N-ethyl adjacent to an activating group) is 1. The molecule has 2 rings (SSSR count). The van der Waals surface area contributed by atoms with Gasteiger partial charge < -0.3 is 14.8 Å². The molecule has 0 spiro atoms. The Hall–Kier alpha value is -1.06. The van der Waals surface area contributed by atoms with Gasteiger partial charge >= 0.3 is 0 Å². The van der Waals surface area contributed by atoms with Crippen molar-refractivity contribution in [1.82, 2.24) is 5.32 Å². The number of hydrogen-bond acceptors (Lipinski definition) is 3. The van der Waals surface area contributed by atoms with Crippen molar-refractivity contribution in [1.29, 1.82) is 0 Å². The van der Waals surface area contributed by atoms with Crippen molar-refractivity contribution in [3.63, 3.8) is 0 Å². The Balaban J connectivity index is 2.21. The van der Waals surface area contributed by atoms with E-state index in [2.05, 4.69) is 44.3 Å². The van der Waals surface area contributed by atoms with Crippen LogP contribution in [-0.4, -0.2) is 31.9 Å². The van der Waals surface area contributed by atoms with Crippen molar-refractivity contribution in [3.05, 3.63) is 29.3 Å². The molecule has 3 nitrogen and oxygen atoms in total. The van der Waals surface area contributed by atoms with E-state index in [1.807, 2.05) is 0 Å². The lowest BCUT2D eigenvalue weighted by atomic mass is 9.87. The van der Waals surface area contributed by atoms with Gasteiger partial charge in [-0.15, -0.1) is 0 Å². The zero-order valence-corrected chi connectivity index (χ0v) is 13.2. The molecular formula is C17H27NO2. The molecule has 0 amide bonds. The highest BCUT2D eigenvalue weighted by Gasteiger charge is 2.38. The molecule has 1 aliphatic heterocycles. The third-order valence-electron chi connectivity index (χ3n) is 4.30. The van der Waals surface area contributed by atoms with Crippen LogP contribution in [0.15, 0.2) is 18.2 Å². The largest absolute Gasteiger partial charge is 0.496 e. The van der Waals surface area contributed by atoms with Crippen molar-refractivity contribution >= 4 is 0 Å². The number of nitrogens with one attached hydrogen (secondary N) is 1. The van der Waals surface area contributed by atoms with Gasteiger partial charge in [-0.05, 0) is 51.3 Å². The second kappa shape index (κ2) is 6.59. The average Bonchev–Trinajstić information content (AvgIpc) is 2.87. The summed E-state index contributed by atoms with van der Waals surface area (Å²) >= 11 is 0. The minimum absolute atomic E-state index is 0.0647. The SMILES string of the molecule is CCNC(Cc1cc(C)ccc1OC)C1(C)CCCO1. The van der Waals surface area contributed by atoms with E-state index in [9.17, 15) is 0 Å². The maximum Gasteiger partial charge on any atom is 0.122 e. The first kappa shape index (κ1) is 15.3. The molecule has 1 aromatic rings. The average molecular weight is 277 g/mol. The van der Waals surface area contributed by atoms with Gasteiger partial charge in [-0.1, -0.05) is 24.6 Å². The second-order valence-corrected chi connectivity index (χ2v) is 5.89. The summed E-state index contributed by atoms with van der Waals surface area (Å²) in [4.78, 5) is 0. The predicted molar refractivity (Wildman–Crippen MR) is 82.5 cm³/mol. The van der Waals surface area contributed by atoms with Gasteiger partial charge in [0.25, 0.3) is 0 Å². The van der Waals surface area contributed by atoms with Crippen LogP contribution in [0.5, 0.6) is 5.75 Å². The van der Waals surface area contributed by atoms with Crippen molar-refractivity contribution in [3.8, 4) is 5.75 Å². The number of benzene rings is 1. The van der Waals surface area contributed by atoms with Gasteiger partial charge in [0.1, 0.15) is 5.75 Å². The molecule has 1 saturated heterocycles. The highest BCUT2D eigenvalue weighted by molar-refractivity contribution is 5.37. The number of methoxy groups -OCH3 is 1. The first-order valence-corrected chi connectivity index (χ1v) is 7.60. The van der Waals surface area contributed by atoms with Crippen LogP contribution >= 0.6 is 0 Å². The van der Waals surface area contributed by atoms with Gasteiger partial charge in [0.05, 0.1) is 12.7 Å². The first-order valence-electron chi connectivity index (χ1n) is 7.60. The Morgan fingerprint density at radius 3 is 2.85 bits per heavy atom. The highest BCUT2D eigenvalue weighted by atomic mass is 16.5. The minimum atomic E-state index is -0.0647. The van der Waals surface area contributed by atoms with Crippen LogP contribution in [0.25, 0.3) is 0 Å². The van der Waals surface area contributed by atoms with Crippen LogP contribution < -0.4 is 10.1 Å². The first-order chi connectivity index (χ1) is 9.59. The Labute approximate surface area is 122 Å². The van der Waals surface area contributed by atoms with E-state index in [1.165, 1.54) is 11.1 Å². The summed E-state index contributed by atoms with van der Waals surface area (Å²) in [7, 11) is 1.74. The summed E-state index contributed by atoms with van der Waals surface area (Å²) in [5.74, 6) is 0.972. The Morgan fingerprint density at radius 2 is 2.25 bits per heavy atom.